The lowest BCUT2D eigenvalue weighted by atomic mass is 10.1. The number of hydrogen-bond acceptors (Lipinski definition) is 2. The third kappa shape index (κ3) is 3.89. The largest absolute Gasteiger partial charge is 0.349 e. The summed E-state index contributed by atoms with van der Waals surface area (Å²) in [4.78, 5) is 7.26. The SMILES string of the molecule is Cc1ccc(C(C)NCCCc2ncc[nH]2)cc1F. The number of halogens is 1. The van der Waals surface area contributed by atoms with E-state index in [1.807, 2.05) is 18.3 Å². The number of imidazole rings is 1. The van der Waals surface area contributed by atoms with Gasteiger partial charge in [0.2, 0.25) is 0 Å². The van der Waals surface area contributed by atoms with E-state index in [2.05, 4.69) is 22.2 Å². The summed E-state index contributed by atoms with van der Waals surface area (Å²) in [6, 6.07) is 5.57. The van der Waals surface area contributed by atoms with Gasteiger partial charge in [-0.25, -0.2) is 9.37 Å². The summed E-state index contributed by atoms with van der Waals surface area (Å²) in [6.45, 7) is 4.72. The molecule has 1 atom stereocenters. The van der Waals surface area contributed by atoms with Crippen LogP contribution >= 0.6 is 0 Å². The summed E-state index contributed by atoms with van der Waals surface area (Å²) in [5.41, 5.74) is 1.68. The number of benzene rings is 1. The highest BCUT2D eigenvalue weighted by Gasteiger charge is 2.07. The first-order valence-electron chi connectivity index (χ1n) is 6.64. The lowest BCUT2D eigenvalue weighted by molar-refractivity contribution is 0.548. The average molecular weight is 261 g/mol. The molecule has 1 aromatic carbocycles. The van der Waals surface area contributed by atoms with Gasteiger partial charge in [0, 0.05) is 24.9 Å². The quantitative estimate of drug-likeness (QED) is 0.784. The molecule has 1 unspecified atom stereocenters. The molecule has 0 fully saturated rings. The Morgan fingerprint density at radius 3 is 2.95 bits per heavy atom. The number of aromatic nitrogens is 2. The fourth-order valence-electron chi connectivity index (χ4n) is 2.01. The number of rotatable bonds is 6. The highest BCUT2D eigenvalue weighted by Crippen LogP contribution is 2.16. The Morgan fingerprint density at radius 1 is 1.42 bits per heavy atom. The second kappa shape index (κ2) is 6.48. The fourth-order valence-corrected chi connectivity index (χ4v) is 2.01. The van der Waals surface area contributed by atoms with E-state index in [0.717, 1.165) is 30.8 Å². The maximum Gasteiger partial charge on any atom is 0.126 e. The van der Waals surface area contributed by atoms with E-state index in [0.29, 0.717) is 5.56 Å². The minimum Gasteiger partial charge on any atom is -0.349 e. The van der Waals surface area contributed by atoms with Crippen molar-refractivity contribution in [3.63, 3.8) is 0 Å². The first-order chi connectivity index (χ1) is 9.16. The molecule has 19 heavy (non-hydrogen) atoms. The van der Waals surface area contributed by atoms with Gasteiger partial charge in [-0.1, -0.05) is 12.1 Å². The maximum atomic E-state index is 13.5. The predicted octanol–water partition coefficient (Wildman–Crippen LogP) is 3.14. The van der Waals surface area contributed by atoms with Gasteiger partial charge in [0.1, 0.15) is 11.6 Å². The molecular formula is C15H20FN3. The van der Waals surface area contributed by atoms with E-state index in [9.17, 15) is 4.39 Å². The van der Waals surface area contributed by atoms with E-state index in [1.165, 1.54) is 0 Å². The lowest BCUT2D eigenvalue weighted by Gasteiger charge is -2.14. The first kappa shape index (κ1) is 13.7. The van der Waals surface area contributed by atoms with Crippen LogP contribution < -0.4 is 5.32 Å². The molecule has 2 N–H and O–H groups in total. The van der Waals surface area contributed by atoms with Gasteiger partial charge in [0.25, 0.3) is 0 Å². The van der Waals surface area contributed by atoms with E-state index in [4.69, 9.17) is 0 Å². The van der Waals surface area contributed by atoms with Crippen molar-refractivity contribution in [3.05, 3.63) is 53.4 Å². The third-order valence-corrected chi connectivity index (χ3v) is 3.29. The van der Waals surface area contributed by atoms with Crippen LogP contribution in [0.4, 0.5) is 4.39 Å². The molecule has 0 saturated carbocycles. The number of hydrogen-bond donors (Lipinski definition) is 2. The summed E-state index contributed by atoms with van der Waals surface area (Å²) in [5, 5.41) is 3.40. The zero-order chi connectivity index (χ0) is 13.7. The van der Waals surface area contributed by atoms with Gasteiger partial charge < -0.3 is 10.3 Å². The minimum absolute atomic E-state index is 0.137. The lowest BCUT2D eigenvalue weighted by Crippen LogP contribution is -2.20. The molecule has 0 aliphatic rings. The zero-order valence-corrected chi connectivity index (χ0v) is 11.4. The van der Waals surface area contributed by atoms with Crippen LogP contribution in [0.3, 0.4) is 0 Å². The van der Waals surface area contributed by atoms with Gasteiger partial charge in [-0.3, -0.25) is 0 Å². The van der Waals surface area contributed by atoms with E-state index in [1.54, 1.807) is 19.2 Å². The highest BCUT2D eigenvalue weighted by atomic mass is 19.1. The second-order valence-corrected chi connectivity index (χ2v) is 4.82. The van der Waals surface area contributed by atoms with Crippen LogP contribution in [-0.2, 0) is 6.42 Å². The van der Waals surface area contributed by atoms with Crippen LogP contribution in [-0.4, -0.2) is 16.5 Å². The van der Waals surface area contributed by atoms with Crippen LogP contribution in [0.15, 0.2) is 30.6 Å². The molecule has 0 saturated heterocycles. The van der Waals surface area contributed by atoms with Crippen LogP contribution in [0.25, 0.3) is 0 Å². The maximum absolute atomic E-state index is 13.5. The Hall–Kier alpha value is -1.68. The van der Waals surface area contributed by atoms with Crippen molar-refractivity contribution in [1.29, 1.82) is 0 Å². The molecule has 0 radical (unpaired) electrons. The van der Waals surface area contributed by atoms with Crippen molar-refractivity contribution in [2.24, 2.45) is 0 Å². The number of aromatic amines is 1. The average Bonchev–Trinajstić information content (AvgIpc) is 2.91. The predicted molar refractivity (Wildman–Crippen MR) is 74.5 cm³/mol. The Kier molecular flexibility index (Phi) is 4.68. The molecule has 2 rings (SSSR count). The molecule has 0 aliphatic heterocycles. The fraction of sp³-hybridized carbons (Fsp3) is 0.400. The van der Waals surface area contributed by atoms with Crippen LogP contribution in [0.5, 0.6) is 0 Å². The van der Waals surface area contributed by atoms with Crippen LogP contribution in [0.1, 0.15) is 36.3 Å². The number of H-pyrrole nitrogens is 1. The van der Waals surface area contributed by atoms with Gasteiger partial charge in [-0.05, 0) is 44.0 Å². The zero-order valence-electron chi connectivity index (χ0n) is 11.4. The van der Waals surface area contributed by atoms with Gasteiger partial charge in [-0.2, -0.15) is 0 Å². The Bertz CT molecular complexity index is 508. The van der Waals surface area contributed by atoms with Crippen molar-refractivity contribution in [1.82, 2.24) is 15.3 Å². The van der Waals surface area contributed by atoms with E-state index < -0.39 is 0 Å². The minimum atomic E-state index is -0.137. The smallest absolute Gasteiger partial charge is 0.126 e. The molecule has 102 valence electrons. The molecule has 3 nitrogen and oxygen atoms in total. The molecule has 1 aromatic heterocycles. The second-order valence-electron chi connectivity index (χ2n) is 4.82. The van der Waals surface area contributed by atoms with Crippen molar-refractivity contribution < 1.29 is 4.39 Å². The Balaban J connectivity index is 1.77. The monoisotopic (exact) mass is 261 g/mol. The van der Waals surface area contributed by atoms with Gasteiger partial charge in [0.15, 0.2) is 0 Å². The van der Waals surface area contributed by atoms with Crippen molar-refractivity contribution in [2.45, 2.75) is 32.7 Å². The molecular weight excluding hydrogens is 241 g/mol. The molecule has 0 amide bonds. The van der Waals surface area contributed by atoms with Crippen LogP contribution in [0, 0.1) is 12.7 Å². The molecule has 0 bridgehead atoms. The third-order valence-electron chi connectivity index (χ3n) is 3.29. The highest BCUT2D eigenvalue weighted by molar-refractivity contribution is 5.25. The molecule has 4 heteroatoms. The topological polar surface area (TPSA) is 40.7 Å². The van der Waals surface area contributed by atoms with Crippen molar-refractivity contribution >= 4 is 0 Å². The van der Waals surface area contributed by atoms with Gasteiger partial charge >= 0.3 is 0 Å². The first-order valence-corrected chi connectivity index (χ1v) is 6.64. The summed E-state index contributed by atoms with van der Waals surface area (Å²) in [5.74, 6) is 0.873. The molecule has 1 heterocycles. The molecule has 2 aromatic rings. The Morgan fingerprint density at radius 2 is 2.26 bits per heavy atom. The summed E-state index contributed by atoms with van der Waals surface area (Å²) in [7, 11) is 0. The normalized spacial score (nSPS) is 12.6. The van der Waals surface area contributed by atoms with E-state index in [-0.39, 0.29) is 11.9 Å². The van der Waals surface area contributed by atoms with Gasteiger partial charge in [0.05, 0.1) is 0 Å². The van der Waals surface area contributed by atoms with Gasteiger partial charge in [-0.15, -0.1) is 0 Å². The summed E-state index contributed by atoms with van der Waals surface area (Å²) in [6.07, 6.45) is 5.53. The number of nitrogens with zero attached hydrogens (tertiary/aromatic N) is 1. The Labute approximate surface area is 113 Å². The van der Waals surface area contributed by atoms with Crippen LogP contribution in [0.2, 0.25) is 0 Å². The summed E-state index contributed by atoms with van der Waals surface area (Å²) >= 11 is 0. The molecule has 0 spiro atoms. The summed E-state index contributed by atoms with van der Waals surface area (Å²) < 4.78 is 13.5. The van der Waals surface area contributed by atoms with Crippen molar-refractivity contribution in [3.8, 4) is 0 Å². The van der Waals surface area contributed by atoms with Crippen molar-refractivity contribution in [2.75, 3.05) is 6.54 Å². The number of aryl methyl sites for hydroxylation is 2. The van der Waals surface area contributed by atoms with E-state index >= 15 is 0 Å². The standard InChI is InChI=1S/C15H20FN3/c1-11-5-6-13(10-14(11)16)12(2)17-7-3-4-15-18-8-9-19-15/h5-6,8-10,12,17H,3-4,7H2,1-2H3,(H,18,19). The number of nitrogens with one attached hydrogen (secondary N) is 2. The molecule has 0 aliphatic carbocycles.